The number of carbonyl (C=O) groups is 1. The molecule has 1 atom stereocenters. The number of β-lactam (4-membered cyclic amide) rings is 1. The smallest absolute Gasteiger partial charge is 0.259 e. The zero-order chi connectivity index (χ0) is 9.47. The number of rotatable bonds is 1. The second-order valence-electron chi connectivity index (χ2n) is 2.94. The Bertz CT molecular complexity index is 337. The summed E-state index contributed by atoms with van der Waals surface area (Å²) in [4.78, 5) is 11.0. The largest absolute Gasteiger partial charge is 0.343 e. The molecule has 0 saturated carbocycles. The fourth-order valence-corrected chi connectivity index (χ4v) is 1.78. The molecule has 0 radical (unpaired) electrons. The van der Waals surface area contributed by atoms with Gasteiger partial charge < -0.3 is 5.32 Å². The maximum absolute atomic E-state index is 11.0. The molecule has 1 amide bonds. The summed E-state index contributed by atoms with van der Waals surface area (Å²) in [5, 5.41) is 2.65. The lowest BCUT2D eigenvalue weighted by Crippen LogP contribution is -2.59. The lowest BCUT2D eigenvalue weighted by molar-refractivity contribution is -0.129. The van der Waals surface area contributed by atoms with Gasteiger partial charge in [0.2, 0.25) is 4.33 Å². The normalized spacial score (nSPS) is 24.8. The molecule has 0 aromatic heterocycles. The Hall–Kier alpha value is -0.730. The van der Waals surface area contributed by atoms with E-state index in [4.69, 9.17) is 23.2 Å². The Morgan fingerprint density at radius 3 is 2.31 bits per heavy atom. The fraction of sp³-hybridized carbons (Fsp3) is 0.222. The first-order valence-electron chi connectivity index (χ1n) is 3.86. The third-order valence-electron chi connectivity index (χ3n) is 2.07. The van der Waals surface area contributed by atoms with Crippen LogP contribution in [0.1, 0.15) is 11.6 Å². The van der Waals surface area contributed by atoms with Crippen molar-refractivity contribution in [1.82, 2.24) is 5.32 Å². The van der Waals surface area contributed by atoms with Crippen LogP contribution in [0.15, 0.2) is 30.3 Å². The summed E-state index contributed by atoms with van der Waals surface area (Å²) in [5.41, 5.74) is 0.923. The summed E-state index contributed by atoms with van der Waals surface area (Å²) in [6.07, 6.45) is 0. The van der Waals surface area contributed by atoms with Gasteiger partial charge in [-0.3, -0.25) is 4.79 Å². The van der Waals surface area contributed by atoms with Crippen LogP contribution in [-0.4, -0.2) is 10.2 Å². The van der Waals surface area contributed by atoms with Gasteiger partial charge in [0.25, 0.3) is 5.91 Å². The molecule has 68 valence electrons. The number of benzene rings is 1. The van der Waals surface area contributed by atoms with Crippen molar-refractivity contribution in [3.05, 3.63) is 35.9 Å². The van der Waals surface area contributed by atoms with Crippen molar-refractivity contribution in [3.8, 4) is 0 Å². The molecule has 1 saturated heterocycles. The van der Waals surface area contributed by atoms with Crippen LogP contribution in [0.25, 0.3) is 0 Å². The van der Waals surface area contributed by atoms with Gasteiger partial charge >= 0.3 is 0 Å². The van der Waals surface area contributed by atoms with Crippen molar-refractivity contribution in [2.24, 2.45) is 0 Å². The van der Waals surface area contributed by atoms with E-state index >= 15 is 0 Å². The minimum absolute atomic E-state index is 0.287. The van der Waals surface area contributed by atoms with Crippen molar-refractivity contribution in [2.45, 2.75) is 10.4 Å². The lowest BCUT2D eigenvalue weighted by atomic mass is 9.96. The molecule has 1 heterocycles. The molecule has 0 aliphatic carbocycles. The standard InChI is InChI=1S/C9H7Cl2NO/c10-9(11)7(12-8(9)13)6-4-2-1-3-5-6/h1-5,7H,(H,12,13)/t7-/m0/s1. The summed E-state index contributed by atoms with van der Waals surface area (Å²) in [6, 6.07) is 9.12. The maximum atomic E-state index is 11.0. The van der Waals surface area contributed by atoms with Gasteiger partial charge in [-0.2, -0.15) is 0 Å². The molecule has 1 fully saturated rings. The second kappa shape index (κ2) is 2.89. The Balaban J connectivity index is 2.27. The van der Waals surface area contributed by atoms with E-state index in [2.05, 4.69) is 5.32 Å². The van der Waals surface area contributed by atoms with Crippen LogP contribution in [0.2, 0.25) is 0 Å². The Kier molecular flexibility index (Phi) is 1.97. The van der Waals surface area contributed by atoms with Crippen molar-refractivity contribution >= 4 is 29.1 Å². The van der Waals surface area contributed by atoms with Crippen LogP contribution in [-0.2, 0) is 4.79 Å². The predicted molar refractivity (Wildman–Crippen MR) is 51.8 cm³/mol. The third-order valence-corrected chi connectivity index (χ3v) is 2.85. The third kappa shape index (κ3) is 1.30. The molecule has 1 aromatic carbocycles. The average molecular weight is 216 g/mol. The van der Waals surface area contributed by atoms with Gasteiger partial charge in [-0.1, -0.05) is 53.5 Å². The van der Waals surface area contributed by atoms with Gasteiger partial charge in [0, 0.05) is 0 Å². The molecule has 2 rings (SSSR count). The van der Waals surface area contributed by atoms with Gasteiger partial charge in [0.15, 0.2) is 0 Å². The number of carbonyl (C=O) groups excluding carboxylic acids is 1. The van der Waals surface area contributed by atoms with Crippen LogP contribution in [0.3, 0.4) is 0 Å². The van der Waals surface area contributed by atoms with Crippen molar-refractivity contribution in [1.29, 1.82) is 0 Å². The maximum Gasteiger partial charge on any atom is 0.259 e. The van der Waals surface area contributed by atoms with E-state index in [0.29, 0.717) is 0 Å². The molecule has 1 N–H and O–H groups in total. The van der Waals surface area contributed by atoms with Gasteiger partial charge in [-0.05, 0) is 5.56 Å². The predicted octanol–water partition coefficient (Wildman–Crippen LogP) is 2.03. The summed E-state index contributed by atoms with van der Waals surface area (Å²) in [6.45, 7) is 0. The first-order chi connectivity index (χ1) is 6.12. The number of halogens is 2. The summed E-state index contributed by atoms with van der Waals surface area (Å²) in [7, 11) is 0. The van der Waals surface area contributed by atoms with E-state index in [0.717, 1.165) is 5.56 Å². The Morgan fingerprint density at radius 2 is 1.85 bits per heavy atom. The highest BCUT2D eigenvalue weighted by atomic mass is 35.5. The number of hydrogen-bond acceptors (Lipinski definition) is 1. The highest BCUT2D eigenvalue weighted by molar-refractivity contribution is 6.60. The van der Waals surface area contributed by atoms with Crippen LogP contribution < -0.4 is 5.32 Å². The SMILES string of the molecule is O=C1N[C@@H](c2ccccc2)C1(Cl)Cl. The van der Waals surface area contributed by atoms with Gasteiger partial charge in [-0.15, -0.1) is 0 Å². The Morgan fingerprint density at radius 1 is 1.23 bits per heavy atom. The molecular formula is C9H7Cl2NO. The number of hydrogen-bond donors (Lipinski definition) is 1. The Labute approximate surface area is 85.8 Å². The summed E-state index contributed by atoms with van der Waals surface area (Å²) < 4.78 is -1.30. The molecule has 1 aliphatic heterocycles. The topological polar surface area (TPSA) is 29.1 Å². The van der Waals surface area contributed by atoms with E-state index in [1.807, 2.05) is 30.3 Å². The monoisotopic (exact) mass is 215 g/mol. The van der Waals surface area contributed by atoms with E-state index in [9.17, 15) is 4.79 Å². The first kappa shape index (κ1) is 8.85. The first-order valence-corrected chi connectivity index (χ1v) is 4.61. The molecule has 4 heteroatoms. The summed E-state index contributed by atoms with van der Waals surface area (Å²) in [5.74, 6) is -0.329. The lowest BCUT2D eigenvalue weighted by Gasteiger charge is -2.39. The van der Waals surface area contributed by atoms with Gasteiger partial charge in [-0.25, -0.2) is 0 Å². The quantitative estimate of drug-likeness (QED) is 0.564. The highest BCUT2D eigenvalue weighted by Gasteiger charge is 2.53. The van der Waals surface area contributed by atoms with Crippen LogP contribution >= 0.6 is 23.2 Å². The second-order valence-corrected chi connectivity index (χ2v) is 4.33. The fourth-order valence-electron chi connectivity index (χ4n) is 1.31. The van der Waals surface area contributed by atoms with E-state index in [-0.39, 0.29) is 11.9 Å². The molecule has 13 heavy (non-hydrogen) atoms. The van der Waals surface area contributed by atoms with E-state index < -0.39 is 4.33 Å². The van der Waals surface area contributed by atoms with Crippen LogP contribution in [0.5, 0.6) is 0 Å². The van der Waals surface area contributed by atoms with Crippen molar-refractivity contribution in [2.75, 3.05) is 0 Å². The number of nitrogens with one attached hydrogen (secondary N) is 1. The zero-order valence-electron chi connectivity index (χ0n) is 6.63. The van der Waals surface area contributed by atoms with E-state index in [1.54, 1.807) is 0 Å². The molecule has 2 nitrogen and oxygen atoms in total. The molecule has 0 spiro atoms. The van der Waals surface area contributed by atoms with E-state index in [1.165, 1.54) is 0 Å². The van der Waals surface area contributed by atoms with Gasteiger partial charge in [0.05, 0.1) is 6.04 Å². The molecule has 0 unspecified atom stereocenters. The molecule has 1 aliphatic rings. The molecular weight excluding hydrogens is 209 g/mol. The van der Waals surface area contributed by atoms with Crippen molar-refractivity contribution < 1.29 is 4.79 Å². The molecule has 0 bridgehead atoms. The van der Waals surface area contributed by atoms with Crippen molar-refractivity contribution in [3.63, 3.8) is 0 Å². The number of amides is 1. The average Bonchev–Trinajstić information content (AvgIpc) is 2.15. The summed E-state index contributed by atoms with van der Waals surface area (Å²) >= 11 is 11.6. The minimum atomic E-state index is -1.30. The van der Waals surface area contributed by atoms with Crippen LogP contribution in [0.4, 0.5) is 0 Å². The molecule has 1 aromatic rings. The number of alkyl halides is 2. The van der Waals surface area contributed by atoms with Gasteiger partial charge in [0.1, 0.15) is 0 Å². The van der Waals surface area contributed by atoms with Crippen LogP contribution in [0, 0.1) is 0 Å². The minimum Gasteiger partial charge on any atom is -0.343 e. The zero-order valence-corrected chi connectivity index (χ0v) is 8.14. The highest BCUT2D eigenvalue weighted by Crippen LogP contribution is 2.43.